The van der Waals surface area contributed by atoms with Crippen LogP contribution in [0.1, 0.15) is 44.6 Å². The van der Waals surface area contributed by atoms with E-state index in [2.05, 4.69) is 6.92 Å². The van der Waals surface area contributed by atoms with Crippen LogP contribution in [0.2, 0.25) is 5.02 Å². The summed E-state index contributed by atoms with van der Waals surface area (Å²) in [6.07, 6.45) is 7.28. The molecule has 0 heterocycles. The fourth-order valence-corrected chi connectivity index (χ4v) is 3.86. The van der Waals surface area contributed by atoms with Crippen LogP contribution in [0.5, 0.6) is 0 Å². The smallest absolute Gasteiger partial charge is 0.149 e. The Balaban J connectivity index is 1.70. The topological polar surface area (TPSA) is 0 Å². The molecule has 0 saturated heterocycles. The zero-order valence-electron chi connectivity index (χ0n) is 13.7. The van der Waals surface area contributed by atoms with Gasteiger partial charge in [0.25, 0.3) is 0 Å². The molecule has 2 aromatic rings. The molecule has 23 heavy (non-hydrogen) atoms. The van der Waals surface area contributed by atoms with Crippen LogP contribution in [0.4, 0.5) is 4.39 Å². The first kappa shape index (κ1) is 16.5. The van der Waals surface area contributed by atoms with Crippen molar-refractivity contribution in [1.82, 2.24) is 0 Å². The van der Waals surface area contributed by atoms with E-state index in [-0.39, 0.29) is 5.82 Å². The van der Waals surface area contributed by atoms with Crippen LogP contribution < -0.4 is 0 Å². The molecule has 1 aliphatic carbocycles. The third-order valence-electron chi connectivity index (χ3n) is 5.20. The fourth-order valence-electron chi connectivity index (χ4n) is 3.60. The van der Waals surface area contributed by atoms with Gasteiger partial charge in [-0.15, -0.1) is 0 Å². The monoisotopic (exact) mass is 330 g/mol. The molecule has 0 N–H and O–H groups in total. The van der Waals surface area contributed by atoms with Crippen molar-refractivity contribution in [3.05, 3.63) is 58.9 Å². The first-order chi connectivity index (χ1) is 11.1. The molecule has 1 saturated carbocycles. The molecular formula is C21H24ClF. The summed E-state index contributed by atoms with van der Waals surface area (Å²) in [5, 5.41) is 0.301. The van der Waals surface area contributed by atoms with Gasteiger partial charge in [-0.3, -0.25) is 0 Å². The van der Waals surface area contributed by atoms with Crippen LogP contribution in [0, 0.1) is 17.7 Å². The van der Waals surface area contributed by atoms with E-state index in [1.54, 1.807) is 0 Å². The average Bonchev–Trinajstić information content (AvgIpc) is 2.58. The maximum absolute atomic E-state index is 14.6. The van der Waals surface area contributed by atoms with Crippen LogP contribution in [-0.2, 0) is 6.42 Å². The van der Waals surface area contributed by atoms with Gasteiger partial charge in [0.15, 0.2) is 0 Å². The van der Waals surface area contributed by atoms with E-state index in [9.17, 15) is 4.39 Å². The largest absolute Gasteiger partial charge is 0.205 e. The minimum Gasteiger partial charge on any atom is -0.205 e. The molecule has 2 heteroatoms. The lowest BCUT2D eigenvalue weighted by atomic mass is 9.80. The van der Waals surface area contributed by atoms with Crippen LogP contribution in [0.25, 0.3) is 11.1 Å². The highest BCUT2D eigenvalue weighted by atomic mass is 35.5. The Morgan fingerprint density at radius 1 is 1.00 bits per heavy atom. The molecule has 2 aromatic carbocycles. The van der Waals surface area contributed by atoms with E-state index in [1.807, 2.05) is 42.5 Å². The number of hydrogen-bond donors (Lipinski definition) is 0. The normalized spacial score (nSPS) is 21.3. The lowest BCUT2D eigenvalue weighted by molar-refractivity contribution is 0.277. The second kappa shape index (κ2) is 7.49. The molecule has 3 rings (SSSR count). The predicted octanol–water partition coefficient (Wildman–Crippen LogP) is 6.91. The Hall–Kier alpha value is -1.34. The van der Waals surface area contributed by atoms with Crippen LogP contribution >= 0.6 is 11.6 Å². The fraction of sp³-hybridized carbons (Fsp3) is 0.429. The third kappa shape index (κ3) is 3.95. The van der Waals surface area contributed by atoms with Gasteiger partial charge in [-0.1, -0.05) is 86.7 Å². The zero-order valence-corrected chi connectivity index (χ0v) is 14.5. The molecule has 0 atom stereocenters. The van der Waals surface area contributed by atoms with Crippen molar-refractivity contribution < 1.29 is 4.39 Å². The Morgan fingerprint density at radius 2 is 1.70 bits per heavy atom. The van der Waals surface area contributed by atoms with E-state index in [4.69, 9.17) is 11.6 Å². The maximum Gasteiger partial charge on any atom is 0.149 e. The van der Waals surface area contributed by atoms with Gasteiger partial charge in [-0.2, -0.15) is 0 Å². The molecule has 0 aromatic heterocycles. The first-order valence-corrected chi connectivity index (χ1v) is 9.05. The molecule has 1 aliphatic rings. The van der Waals surface area contributed by atoms with Crippen molar-refractivity contribution in [2.45, 2.75) is 45.4 Å². The number of hydrogen-bond acceptors (Lipinski definition) is 0. The summed E-state index contributed by atoms with van der Waals surface area (Å²) in [6, 6.07) is 13.5. The van der Waals surface area contributed by atoms with E-state index in [0.717, 1.165) is 35.8 Å². The second-order valence-electron chi connectivity index (χ2n) is 6.93. The Labute approximate surface area is 143 Å². The van der Waals surface area contributed by atoms with Gasteiger partial charge in [0.1, 0.15) is 5.82 Å². The summed E-state index contributed by atoms with van der Waals surface area (Å²) in [5.41, 5.74) is 2.41. The number of rotatable bonds is 4. The van der Waals surface area contributed by atoms with E-state index in [1.165, 1.54) is 25.7 Å². The number of benzene rings is 2. The number of aryl methyl sites for hydroxylation is 1. The van der Waals surface area contributed by atoms with E-state index < -0.39 is 0 Å². The van der Waals surface area contributed by atoms with Crippen molar-refractivity contribution in [3.63, 3.8) is 0 Å². The predicted molar refractivity (Wildman–Crippen MR) is 96.3 cm³/mol. The molecule has 0 unspecified atom stereocenters. The molecule has 122 valence electrons. The summed E-state index contributed by atoms with van der Waals surface area (Å²) in [6.45, 7) is 2.34. The summed E-state index contributed by atoms with van der Waals surface area (Å²) >= 11 is 6.31. The lowest BCUT2D eigenvalue weighted by Gasteiger charge is -2.26. The van der Waals surface area contributed by atoms with Gasteiger partial charge in [-0.25, -0.2) is 4.39 Å². The third-order valence-corrected chi connectivity index (χ3v) is 5.61. The highest BCUT2D eigenvalue weighted by Gasteiger charge is 2.19. The van der Waals surface area contributed by atoms with Crippen LogP contribution in [0.3, 0.4) is 0 Å². The lowest BCUT2D eigenvalue weighted by Crippen LogP contribution is -2.13. The first-order valence-electron chi connectivity index (χ1n) is 8.67. The van der Waals surface area contributed by atoms with Crippen LogP contribution in [0.15, 0.2) is 42.5 Å². The van der Waals surface area contributed by atoms with Gasteiger partial charge in [-0.05, 0) is 35.8 Å². The quantitative estimate of drug-likeness (QED) is 0.571. The minimum absolute atomic E-state index is 0.285. The van der Waals surface area contributed by atoms with Gasteiger partial charge in [0.2, 0.25) is 0 Å². The standard InChI is InChI=1S/C21H24ClF/c1-15-7-9-16(10-8-15)11-12-18-13-14-19(21(23)20(18)22)17-5-3-2-4-6-17/h2-6,13-16H,7-12H2,1H3. The molecule has 1 fully saturated rings. The Kier molecular flexibility index (Phi) is 5.38. The molecular weight excluding hydrogens is 307 g/mol. The van der Waals surface area contributed by atoms with Gasteiger partial charge >= 0.3 is 0 Å². The van der Waals surface area contributed by atoms with Crippen molar-refractivity contribution in [3.8, 4) is 11.1 Å². The molecule has 0 aliphatic heterocycles. The van der Waals surface area contributed by atoms with Crippen molar-refractivity contribution in [2.24, 2.45) is 11.8 Å². The maximum atomic E-state index is 14.6. The molecule has 0 nitrogen and oxygen atoms in total. The Bertz CT molecular complexity index is 642. The van der Waals surface area contributed by atoms with Crippen LogP contribution in [-0.4, -0.2) is 0 Å². The van der Waals surface area contributed by atoms with Crippen molar-refractivity contribution >= 4 is 11.6 Å². The van der Waals surface area contributed by atoms with Crippen molar-refractivity contribution in [2.75, 3.05) is 0 Å². The molecule has 0 amide bonds. The summed E-state index contributed by atoms with van der Waals surface area (Å²) in [7, 11) is 0. The minimum atomic E-state index is -0.285. The van der Waals surface area contributed by atoms with Gasteiger partial charge in [0.05, 0.1) is 5.02 Å². The Morgan fingerprint density at radius 3 is 2.39 bits per heavy atom. The SMILES string of the molecule is CC1CCC(CCc2ccc(-c3ccccc3)c(F)c2Cl)CC1. The molecule has 0 radical (unpaired) electrons. The van der Waals surface area contributed by atoms with Gasteiger partial charge < -0.3 is 0 Å². The molecule has 0 spiro atoms. The van der Waals surface area contributed by atoms with E-state index in [0.29, 0.717) is 10.6 Å². The molecule has 0 bridgehead atoms. The summed E-state index contributed by atoms with van der Waals surface area (Å²) in [5.74, 6) is 1.36. The second-order valence-corrected chi connectivity index (χ2v) is 7.31. The van der Waals surface area contributed by atoms with E-state index >= 15 is 0 Å². The van der Waals surface area contributed by atoms with Gasteiger partial charge in [0, 0.05) is 5.56 Å². The highest BCUT2D eigenvalue weighted by Crippen LogP contribution is 2.34. The number of halogens is 2. The average molecular weight is 331 g/mol. The summed E-state index contributed by atoms with van der Waals surface area (Å²) < 4.78 is 14.6. The van der Waals surface area contributed by atoms with Crippen molar-refractivity contribution in [1.29, 1.82) is 0 Å². The zero-order chi connectivity index (χ0) is 16.2. The highest BCUT2D eigenvalue weighted by molar-refractivity contribution is 6.31. The summed E-state index contributed by atoms with van der Waals surface area (Å²) in [4.78, 5) is 0.